The second-order valence-corrected chi connectivity index (χ2v) is 5.71. The first kappa shape index (κ1) is 14.9. The Kier molecular flexibility index (Phi) is 4.73. The number of benzene rings is 1. The van der Waals surface area contributed by atoms with Crippen molar-refractivity contribution >= 4 is 5.69 Å². The van der Waals surface area contributed by atoms with Crippen LogP contribution in [0.4, 0.5) is 5.69 Å². The minimum atomic E-state index is -0.307. The standard InChI is InChI=1S/C15H23N3O2/c1-11-13(6-5-8-14(11)18(19)20)10-17-9-4-3-7-15(17)12(2)16/h5-6,8,12,15H,3-4,7,9-10,16H2,1-2H3. The molecular formula is C15H23N3O2. The van der Waals surface area contributed by atoms with Crippen LogP contribution >= 0.6 is 0 Å². The summed E-state index contributed by atoms with van der Waals surface area (Å²) < 4.78 is 0. The summed E-state index contributed by atoms with van der Waals surface area (Å²) in [5.74, 6) is 0. The highest BCUT2D eigenvalue weighted by Gasteiger charge is 2.26. The summed E-state index contributed by atoms with van der Waals surface area (Å²) >= 11 is 0. The Hall–Kier alpha value is -1.46. The van der Waals surface area contributed by atoms with Crippen LogP contribution in [0, 0.1) is 17.0 Å². The molecule has 0 spiro atoms. The summed E-state index contributed by atoms with van der Waals surface area (Å²) in [6.45, 7) is 5.65. The smallest absolute Gasteiger partial charge is 0.272 e. The number of hydrogen-bond acceptors (Lipinski definition) is 4. The zero-order valence-corrected chi connectivity index (χ0v) is 12.2. The van der Waals surface area contributed by atoms with Gasteiger partial charge in [0.25, 0.3) is 5.69 Å². The van der Waals surface area contributed by atoms with Crippen molar-refractivity contribution in [3.8, 4) is 0 Å². The summed E-state index contributed by atoms with van der Waals surface area (Å²) in [5, 5.41) is 11.0. The van der Waals surface area contributed by atoms with Gasteiger partial charge in [0.15, 0.2) is 0 Å². The quantitative estimate of drug-likeness (QED) is 0.678. The van der Waals surface area contributed by atoms with Crippen molar-refractivity contribution in [2.45, 2.75) is 51.7 Å². The number of hydrogen-bond donors (Lipinski definition) is 1. The van der Waals surface area contributed by atoms with Gasteiger partial charge in [-0.1, -0.05) is 18.6 Å². The van der Waals surface area contributed by atoms with E-state index in [0.29, 0.717) is 6.04 Å². The number of nitro benzene ring substituents is 1. The van der Waals surface area contributed by atoms with E-state index in [1.807, 2.05) is 19.9 Å². The maximum Gasteiger partial charge on any atom is 0.272 e. The van der Waals surface area contributed by atoms with Gasteiger partial charge in [-0.3, -0.25) is 15.0 Å². The normalized spacial score (nSPS) is 21.6. The largest absolute Gasteiger partial charge is 0.327 e. The van der Waals surface area contributed by atoms with Crippen molar-refractivity contribution in [1.29, 1.82) is 0 Å². The third-order valence-corrected chi connectivity index (χ3v) is 4.26. The van der Waals surface area contributed by atoms with Crippen LogP contribution in [-0.4, -0.2) is 28.5 Å². The maximum absolute atomic E-state index is 11.0. The maximum atomic E-state index is 11.0. The molecule has 2 unspecified atom stereocenters. The number of nitro groups is 1. The van der Waals surface area contributed by atoms with Crippen LogP contribution in [-0.2, 0) is 6.54 Å². The van der Waals surface area contributed by atoms with E-state index in [0.717, 1.165) is 30.6 Å². The lowest BCUT2D eigenvalue weighted by Crippen LogP contribution is -2.48. The molecule has 0 aliphatic carbocycles. The molecule has 1 aromatic carbocycles. The second-order valence-electron chi connectivity index (χ2n) is 5.71. The summed E-state index contributed by atoms with van der Waals surface area (Å²) in [6.07, 6.45) is 3.51. The SMILES string of the molecule is Cc1c(CN2CCCCC2C(C)N)cccc1[N+](=O)[O-]. The molecule has 2 N–H and O–H groups in total. The van der Waals surface area contributed by atoms with Crippen LogP contribution in [0.1, 0.15) is 37.3 Å². The van der Waals surface area contributed by atoms with Crippen LogP contribution < -0.4 is 5.73 Å². The Morgan fingerprint density at radius 1 is 1.50 bits per heavy atom. The van der Waals surface area contributed by atoms with Crippen LogP contribution in [0.15, 0.2) is 18.2 Å². The molecule has 0 amide bonds. The van der Waals surface area contributed by atoms with Crippen LogP contribution in [0.2, 0.25) is 0 Å². The average Bonchev–Trinajstić information content (AvgIpc) is 2.41. The molecule has 0 bridgehead atoms. The molecule has 1 aliphatic heterocycles. The number of piperidine rings is 1. The Morgan fingerprint density at radius 3 is 2.90 bits per heavy atom. The molecular weight excluding hydrogens is 254 g/mol. The minimum absolute atomic E-state index is 0.134. The number of likely N-dealkylation sites (tertiary alicyclic amines) is 1. The van der Waals surface area contributed by atoms with Gasteiger partial charge in [0.2, 0.25) is 0 Å². The zero-order valence-electron chi connectivity index (χ0n) is 12.2. The highest BCUT2D eigenvalue weighted by atomic mass is 16.6. The van der Waals surface area contributed by atoms with Gasteiger partial charge >= 0.3 is 0 Å². The van der Waals surface area contributed by atoms with Crippen molar-refractivity contribution < 1.29 is 4.92 Å². The minimum Gasteiger partial charge on any atom is -0.327 e. The van der Waals surface area contributed by atoms with Gasteiger partial charge in [-0.25, -0.2) is 0 Å². The van der Waals surface area contributed by atoms with Gasteiger partial charge < -0.3 is 5.73 Å². The first-order valence-corrected chi connectivity index (χ1v) is 7.23. The first-order valence-electron chi connectivity index (χ1n) is 7.23. The van der Waals surface area contributed by atoms with Crippen LogP contribution in [0.5, 0.6) is 0 Å². The topological polar surface area (TPSA) is 72.4 Å². The average molecular weight is 277 g/mol. The second kappa shape index (κ2) is 6.33. The van der Waals surface area contributed by atoms with E-state index < -0.39 is 0 Å². The van der Waals surface area contributed by atoms with Gasteiger partial charge in [0, 0.05) is 30.3 Å². The summed E-state index contributed by atoms with van der Waals surface area (Å²) in [4.78, 5) is 13.1. The van der Waals surface area contributed by atoms with Gasteiger partial charge in [0.05, 0.1) is 4.92 Å². The zero-order chi connectivity index (χ0) is 14.7. The Bertz CT molecular complexity index is 488. The Morgan fingerprint density at radius 2 is 2.25 bits per heavy atom. The van der Waals surface area contributed by atoms with E-state index in [9.17, 15) is 10.1 Å². The van der Waals surface area contributed by atoms with Crippen molar-refractivity contribution in [3.63, 3.8) is 0 Å². The predicted molar refractivity (Wildman–Crippen MR) is 79.5 cm³/mol. The predicted octanol–water partition coefficient (Wildman–Crippen LogP) is 2.60. The first-order chi connectivity index (χ1) is 9.50. The van der Waals surface area contributed by atoms with Gasteiger partial charge in [-0.05, 0) is 38.8 Å². The lowest BCUT2D eigenvalue weighted by molar-refractivity contribution is -0.385. The summed E-state index contributed by atoms with van der Waals surface area (Å²) in [6, 6.07) is 5.83. The third-order valence-electron chi connectivity index (χ3n) is 4.26. The molecule has 1 fully saturated rings. The molecule has 2 rings (SSSR count). The van der Waals surface area contributed by atoms with Crippen LogP contribution in [0.25, 0.3) is 0 Å². The molecule has 110 valence electrons. The van der Waals surface area contributed by atoms with E-state index >= 15 is 0 Å². The Labute approximate surface area is 119 Å². The van der Waals surface area contributed by atoms with Gasteiger partial charge in [-0.15, -0.1) is 0 Å². The molecule has 5 heteroatoms. The molecule has 0 aromatic heterocycles. The molecule has 0 saturated carbocycles. The number of nitrogens with zero attached hydrogens (tertiary/aromatic N) is 2. The lowest BCUT2D eigenvalue weighted by Gasteiger charge is -2.38. The Balaban J connectivity index is 2.20. The molecule has 0 radical (unpaired) electrons. The van der Waals surface area contributed by atoms with E-state index in [2.05, 4.69) is 4.90 Å². The monoisotopic (exact) mass is 277 g/mol. The molecule has 1 aromatic rings. The molecule has 5 nitrogen and oxygen atoms in total. The van der Waals surface area contributed by atoms with E-state index in [1.165, 1.54) is 12.8 Å². The molecule has 1 aliphatic rings. The molecule has 1 heterocycles. The molecule has 20 heavy (non-hydrogen) atoms. The highest BCUT2D eigenvalue weighted by Crippen LogP contribution is 2.26. The van der Waals surface area contributed by atoms with Gasteiger partial charge in [0.1, 0.15) is 0 Å². The fourth-order valence-electron chi connectivity index (χ4n) is 3.07. The fraction of sp³-hybridized carbons (Fsp3) is 0.600. The van der Waals surface area contributed by atoms with Crippen molar-refractivity contribution in [3.05, 3.63) is 39.4 Å². The number of rotatable bonds is 4. The van der Waals surface area contributed by atoms with E-state index in [1.54, 1.807) is 12.1 Å². The fourth-order valence-corrected chi connectivity index (χ4v) is 3.07. The third kappa shape index (κ3) is 3.16. The number of nitrogens with two attached hydrogens (primary N) is 1. The summed E-state index contributed by atoms with van der Waals surface area (Å²) in [7, 11) is 0. The van der Waals surface area contributed by atoms with Crippen molar-refractivity contribution in [2.75, 3.05) is 6.54 Å². The van der Waals surface area contributed by atoms with Gasteiger partial charge in [-0.2, -0.15) is 0 Å². The highest BCUT2D eigenvalue weighted by molar-refractivity contribution is 5.44. The lowest BCUT2D eigenvalue weighted by atomic mass is 9.95. The van der Waals surface area contributed by atoms with E-state index in [-0.39, 0.29) is 16.7 Å². The van der Waals surface area contributed by atoms with Crippen molar-refractivity contribution in [2.24, 2.45) is 5.73 Å². The van der Waals surface area contributed by atoms with E-state index in [4.69, 9.17) is 5.73 Å². The molecule has 1 saturated heterocycles. The molecule has 2 atom stereocenters. The summed E-state index contributed by atoms with van der Waals surface area (Å²) in [5.41, 5.74) is 8.09. The van der Waals surface area contributed by atoms with Crippen molar-refractivity contribution in [1.82, 2.24) is 4.90 Å². The van der Waals surface area contributed by atoms with Crippen LogP contribution in [0.3, 0.4) is 0 Å².